The number of carbonyl (C=O) groups is 4. The monoisotopic (exact) mass is 682 g/mol. The fourth-order valence-corrected chi connectivity index (χ4v) is 7.31. The van der Waals surface area contributed by atoms with Crippen molar-refractivity contribution in [3.05, 3.63) is 64.0 Å². The molecule has 45 heavy (non-hydrogen) atoms. The van der Waals surface area contributed by atoms with Crippen molar-refractivity contribution in [2.24, 2.45) is 0 Å². The number of nitrogens with zero attached hydrogens (tertiary/aromatic N) is 3. The van der Waals surface area contributed by atoms with Crippen LogP contribution in [0.3, 0.4) is 0 Å². The lowest BCUT2D eigenvalue weighted by Gasteiger charge is -2.39. The van der Waals surface area contributed by atoms with Crippen molar-refractivity contribution in [1.29, 1.82) is 0 Å². The number of hydrogen-bond donors (Lipinski definition) is 3. The minimum atomic E-state index is -5.80. The number of fused-ring (bicyclic) bond motifs is 2. The molecule has 3 N–H and O–H groups in total. The Morgan fingerprint density at radius 1 is 1.09 bits per heavy atom. The molecule has 2 aliphatic rings. The summed E-state index contributed by atoms with van der Waals surface area (Å²) in [4.78, 5) is 76.3. The number of hydrogen-bond acceptors (Lipinski definition) is 6. The van der Waals surface area contributed by atoms with Crippen LogP contribution in [0, 0.1) is 0 Å². The van der Waals surface area contributed by atoms with Crippen LogP contribution in [-0.2, 0) is 24.6 Å². The summed E-state index contributed by atoms with van der Waals surface area (Å²) in [5.74, 6) is -1.83. The fourth-order valence-electron chi connectivity index (χ4n) is 5.77. The third-order valence-corrected chi connectivity index (χ3v) is 10.6. The van der Waals surface area contributed by atoms with E-state index in [4.69, 9.17) is 21.4 Å². The summed E-state index contributed by atoms with van der Waals surface area (Å²) in [5.41, 5.74) is -4.74. The zero-order valence-corrected chi connectivity index (χ0v) is 26.6. The Morgan fingerprint density at radius 2 is 1.78 bits per heavy atom. The molecule has 1 unspecified atom stereocenters. The van der Waals surface area contributed by atoms with Gasteiger partial charge in [0.15, 0.2) is 0 Å². The average molecular weight is 683 g/mol. The first kappa shape index (κ1) is 33.0. The molecule has 2 aromatic carbocycles. The fraction of sp³-hybridized carbons (Fsp3) is 0.379. The minimum absolute atomic E-state index is 0.0546. The second kappa shape index (κ2) is 12.4. The summed E-state index contributed by atoms with van der Waals surface area (Å²) in [7, 11) is -4.19. The van der Waals surface area contributed by atoms with E-state index in [1.165, 1.54) is 33.8 Å². The van der Waals surface area contributed by atoms with E-state index in [1.807, 2.05) is 0 Å². The van der Waals surface area contributed by atoms with Crippen LogP contribution in [-0.4, -0.2) is 81.5 Å². The van der Waals surface area contributed by atoms with Crippen LogP contribution in [0.1, 0.15) is 41.4 Å². The Bertz CT molecular complexity index is 1720. The second-order valence-electron chi connectivity index (χ2n) is 11.1. The first-order chi connectivity index (χ1) is 21.1. The van der Waals surface area contributed by atoms with Crippen molar-refractivity contribution >= 4 is 69.9 Å². The molecule has 5 rings (SSSR count). The largest absolute Gasteiger partial charge is 0.399 e. The highest BCUT2D eigenvalue weighted by molar-refractivity contribution is 7.52. The summed E-state index contributed by atoms with van der Waals surface area (Å²) in [5, 5.41) is 3.34. The number of amides is 4. The van der Waals surface area contributed by atoms with Gasteiger partial charge in [0.2, 0.25) is 17.7 Å². The summed E-state index contributed by atoms with van der Waals surface area (Å²) < 4.78 is 40.3. The quantitative estimate of drug-likeness (QED) is 0.331. The normalized spacial score (nSPS) is 20.9. The molecule has 16 heteroatoms. The van der Waals surface area contributed by atoms with Crippen LogP contribution in [0.25, 0.3) is 10.1 Å². The number of nitrogens with one attached hydrogen (secondary N) is 1. The van der Waals surface area contributed by atoms with Crippen molar-refractivity contribution in [3.8, 4) is 0 Å². The summed E-state index contributed by atoms with van der Waals surface area (Å²) in [6.07, 6.45) is 1.38. The molecular formula is C29H30ClF2N4O7PS. The minimum Gasteiger partial charge on any atom is -0.340 e. The van der Waals surface area contributed by atoms with Gasteiger partial charge in [0.25, 0.3) is 5.91 Å². The molecule has 3 aromatic rings. The third-order valence-electron chi connectivity index (χ3n) is 8.22. The Labute approximate surface area is 265 Å². The molecule has 0 spiro atoms. The number of benzene rings is 2. The number of thiophene rings is 1. The number of carbonyl (C=O) groups excluding carboxylic acids is 4. The zero-order valence-electron chi connectivity index (χ0n) is 24.2. The summed E-state index contributed by atoms with van der Waals surface area (Å²) >= 11 is 6.93. The highest BCUT2D eigenvalue weighted by Crippen LogP contribution is 2.59. The molecule has 0 aliphatic carbocycles. The Kier molecular flexibility index (Phi) is 9.09. The summed E-state index contributed by atoms with van der Waals surface area (Å²) in [6, 6.07) is 8.64. The number of alkyl halides is 2. The molecule has 240 valence electrons. The second-order valence-corrected chi connectivity index (χ2v) is 14.3. The van der Waals surface area contributed by atoms with E-state index in [1.54, 1.807) is 31.3 Å². The highest BCUT2D eigenvalue weighted by Gasteiger charge is 2.50. The van der Waals surface area contributed by atoms with Crippen LogP contribution in [0.15, 0.2) is 48.5 Å². The molecule has 11 nitrogen and oxygen atoms in total. The Hall–Kier alpha value is -3.42. The Morgan fingerprint density at radius 3 is 2.42 bits per heavy atom. The zero-order chi connectivity index (χ0) is 32.8. The molecule has 0 radical (unpaired) electrons. The smallest absolute Gasteiger partial charge is 0.340 e. The number of halogens is 3. The SMILES string of the molecule is CC(=O)N1CC[C@H]2CC[C@@H](C(=O)N(C)c3ccc(Cl)cc3)N2C(=O)C(NC(=O)c2cc3cc(C(F)(F)P(=O)(O)O)ccc3s2)C1. The van der Waals surface area contributed by atoms with Crippen molar-refractivity contribution in [2.75, 3.05) is 25.0 Å². The van der Waals surface area contributed by atoms with Crippen molar-refractivity contribution in [3.63, 3.8) is 0 Å². The van der Waals surface area contributed by atoms with Gasteiger partial charge < -0.3 is 29.8 Å². The van der Waals surface area contributed by atoms with Crippen molar-refractivity contribution < 1.29 is 42.3 Å². The van der Waals surface area contributed by atoms with E-state index in [0.29, 0.717) is 41.2 Å². The van der Waals surface area contributed by atoms with Gasteiger partial charge in [-0.15, -0.1) is 11.3 Å². The number of rotatable bonds is 6. The van der Waals surface area contributed by atoms with E-state index in [2.05, 4.69) is 5.32 Å². The maximum absolute atomic E-state index is 14.3. The van der Waals surface area contributed by atoms with E-state index in [9.17, 15) is 32.5 Å². The number of anilines is 1. The molecule has 1 aromatic heterocycles. The summed E-state index contributed by atoms with van der Waals surface area (Å²) in [6.45, 7) is 1.53. The van der Waals surface area contributed by atoms with Gasteiger partial charge in [-0.3, -0.25) is 23.7 Å². The van der Waals surface area contributed by atoms with Crippen molar-refractivity contribution in [1.82, 2.24) is 15.1 Å². The van der Waals surface area contributed by atoms with Gasteiger partial charge in [-0.25, -0.2) is 0 Å². The lowest BCUT2D eigenvalue weighted by Crippen LogP contribution is -2.61. The highest BCUT2D eigenvalue weighted by atomic mass is 35.5. The van der Waals surface area contributed by atoms with Crippen LogP contribution in [0.5, 0.6) is 0 Å². The average Bonchev–Trinajstić information content (AvgIpc) is 3.60. The van der Waals surface area contributed by atoms with Gasteiger partial charge in [-0.05, 0) is 67.1 Å². The van der Waals surface area contributed by atoms with Gasteiger partial charge in [0.1, 0.15) is 12.1 Å². The van der Waals surface area contributed by atoms with Gasteiger partial charge in [-0.2, -0.15) is 8.78 Å². The molecule has 2 aliphatic heterocycles. The first-order valence-corrected chi connectivity index (χ1v) is 16.8. The van der Waals surface area contributed by atoms with E-state index < -0.39 is 42.7 Å². The van der Waals surface area contributed by atoms with Crippen LogP contribution in [0.4, 0.5) is 14.5 Å². The third kappa shape index (κ3) is 6.48. The maximum Gasteiger partial charge on any atom is 0.399 e. The molecule has 3 atom stereocenters. The van der Waals surface area contributed by atoms with Gasteiger partial charge in [-0.1, -0.05) is 17.7 Å². The van der Waals surface area contributed by atoms with Crippen LogP contribution < -0.4 is 10.2 Å². The predicted octanol–water partition coefficient (Wildman–Crippen LogP) is 4.15. The molecule has 3 heterocycles. The van der Waals surface area contributed by atoms with Crippen LogP contribution in [0.2, 0.25) is 5.02 Å². The van der Waals surface area contributed by atoms with Gasteiger partial charge in [0.05, 0.1) is 4.88 Å². The molecule has 2 saturated heterocycles. The standard InChI is InChI=1S/C29H30ClF2N4O7PS/c1-16(37)35-12-11-21-8-9-23(28(40)34(2)20-6-4-19(30)5-7-20)36(21)27(39)22(15-35)33-26(38)25-14-17-13-18(3-10-24(17)45-25)29(31,32)44(41,42)43/h3-7,10,13-14,21-23H,8-9,11-12,15H2,1-2H3,(H,33,38)(H2,41,42,43)/t21-,22?,23+/m1/s1. The molecule has 0 saturated carbocycles. The molecule has 4 amide bonds. The lowest BCUT2D eigenvalue weighted by atomic mass is 10.1. The van der Waals surface area contributed by atoms with E-state index >= 15 is 0 Å². The van der Waals surface area contributed by atoms with Crippen molar-refractivity contribution in [2.45, 2.75) is 50.0 Å². The van der Waals surface area contributed by atoms with Gasteiger partial charge >= 0.3 is 13.3 Å². The van der Waals surface area contributed by atoms with E-state index in [-0.39, 0.29) is 34.7 Å². The van der Waals surface area contributed by atoms with E-state index in [0.717, 1.165) is 23.5 Å². The van der Waals surface area contributed by atoms with Gasteiger partial charge in [0, 0.05) is 54.1 Å². The predicted molar refractivity (Wildman–Crippen MR) is 164 cm³/mol. The Balaban J connectivity index is 1.41. The number of likely N-dealkylation sites (N-methyl/N-ethyl adjacent to an activating group) is 1. The lowest BCUT2D eigenvalue weighted by molar-refractivity contribution is -0.144. The maximum atomic E-state index is 14.3. The first-order valence-electron chi connectivity index (χ1n) is 14.0. The molecule has 0 bridgehead atoms. The molecular weight excluding hydrogens is 653 g/mol. The molecule has 2 fully saturated rings. The topological polar surface area (TPSA) is 148 Å². The van der Waals surface area contributed by atoms with Crippen LogP contribution >= 0.6 is 30.5 Å².